The number of nitrogens with one attached hydrogen (secondary N) is 1. The Morgan fingerprint density at radius 2 is 2.31 bits per heavy atom. The molecule has 4 nitrogen and oxygen atoms in total. The fourth-order valence-electron chi connectivity index (χ4n) is 0.753. The van der Waals surface area contributed by atoms with Crippen molar-refractivity contribution in [1.82, 2.24) is 10.2 Å². The number of nitrogens with zero attached hydrogens (tertiary/aromatic N) is 2. The van der Waals surface area contributed by atoms with Crippen LogP contribution in [0.15, 0.2) is 0 Å². The summed E-state index contributed by atoms with van der Waals surface area (Å²) in [7, 11) is 1.76. The van der Waals surface area contributed by atoms with Crippen molar-refractivity contribution in [3.8, 4) is 6.07 Å². The lowest BCUT2D eigenvalue weighted by Gasteiger charge is -2.14. The van der Waals surface area contributed by atoms with E-state index in [-0.39, 0.29) is 11.8 Å². The number of hydrogen-bond acceptors (Lipinski definition) is 3. The molecule has 0 saturated heterocycles. The lowest BCUT2D eigenvalue weighted by atomic mass is 10.2. The fraction of sp³-hybridized carbons (Fsp3) is 0.778. The van der Waals surface area contributed by atoms with Crippen molar-refractivity contribution in [2.45, 2.75) is 13.8 Å². The van der Waals surface area contributed by atoms with E-state index in [9.17, 15) is 4.79 Å². The highest BCUT2D eigenvalue weighted by atomic mass is 16.2. The summed E-state index contributed by atoms with van der Waals surface area (Å²) in [6.45, 7) is 5.35. The normalized spacial score (nSPS) is 11.8. The number of hydrogen-bond donors (Lipinski definition) is 1. The van der Waals surface area contributed by atoms with Gasteiger partial charge in [-0.15, -0.1) is 0 Å². The van der Waals surface area contributed by atoms with Gasteiger partial charge in [0.1, 0.15) is 0 Å². The fourth-order valence-corrected chi connectivity index (χ4v) is 0.753. The highest BCUT2D eigenvalue weighted by molar-refractivity contribution is 5.77. The minimum absolute atomic E-state index is 0.0419. The Bertz CT molecular complexity index is 198. The third-order valence-electron chi connectivity index (χ3n) is 1.85. The van der Waals surface area contributed by atoms with Crippen molar-refractivity contribution in [2.24, 2.45) is 5.92 Å². The molecule has 13 heavy (non-hydrogen) atoms. The Kier molecular flexibility index (Phi) is 5.90. The number of rotatable bonds is 5. The van der Waals surface area contributed by atoms with E-state index in [1.54, 1.807) is 11.9 Å². The molecule has 0 aromatic rings. The first-order valence-electron chi connectivity index (χ1n) is 4.46. The van der Waals surface area contributed by atoms with Crippen LogP contribution in [0.4, 0.5) is 0 Å². The largest absolute Gasteiger partial charge is 0.345 e. The second-order valence-corrected chi connectivity index (χ2v) is 3.07. The van der Waals surface area contributed by atoms with Crippen LogP contribution in [0.25, 0.3) is 0 Å². The molecular formula is C9H17N3O. The lowest BCUT2D eigenvalue weighted by molar-refractivity contribution is -0.128. The molecule has 1 amide bonds. The van der Waals surface area contributed by atoms with Crippen molar-refractivity contribution in [3.63, 3.8) is 0 Å². The maximum Gasteiger partial charge on any atom is 0.236 e. The zero-order chi connectivity index (χ0) is 10.3. The molecule has 1 unspecified atom stereocenters. The first-order valence-corrected chi connectivity index (χ1v) is 4.46. The van der Waals surface area contributed by atoms with Crippen LogP contribution in [0.2, 0.25) is 0 Å². The van der Waals surface area contributed by atoms with Gasteiger partial charge in [0, 0.05) is 20.1 Å². The van der Waals surface area contributed by atoms with Crippen molar-refractivity contribution < 1.29 is 4.79 Å². The van der Waals surface area contributed by atoms with Gasteiger partial charge >= 0.3 is 0 Å². The van der Waals surface area contributed by atoms with Crippen LogP contribution in [0.3, 0.4) is 0 Å². The lowest BCUT2D eigenvalue weighted by Crippen LogP contribution is -2.36. The van der Waals surface area contributed by atoms with Crippen LogP contribution in [-0.4, -0.2) is 37.5 Å². The average molecular weight is 183 g/mol. The van der Waals surface area contributed by atoms with E-state index in [2.05, 4.69) is 11.4 Å². The highest BCUT2D eigenvalue weighted by Gasteiger charge is 2.06. The van der Waals surface area contributed by atoms with Crippen molar-refractivity contribution in [3.05, 3.63) is 0 Å². The van der Waals surface area contributed by atoms with Crippen LogP contribution in [0.1, 0.15) is 13.8 Å². The number of carbonyl (C=O) groups is 1. The van der Waals surface area contributed by atoms with Gasteiger partial charge in [-0.25, -0.2) is 0 Å². The summed E-state index contributed by atoms with van der Waals surface area (Å²) in [6, 6.07) is 2.09. The van der Waals surface area contributed by atoms with Crippen molar-refractivity contribution in [2.75, 3.05) is 26.7 Å². The minimum atomic E-state index is -0.0419. The first-order chi connectivity index (χ1) is 6.11. The van der Waals surface area contributed by atoms with Gasteiger partial charge in [-0.2, -0.15) is 5.26 Å². The maximum atomic E-state index is 11.2. The van der Waals surface area contributed by atoms with Gasteiger partial charge in [0.15, 0.2) is 0 Å². The zero-order valence-corrected chi connectivity index (χ0v) is 8.50. The number of carbonyl (C=O) groups excluding carboxylic acids is 1. The molecule has 0 bridgehead atoms. The average Bonchev–Trinajstić information content (AvgIpc) is 2.15. The quantitative estimate of drug-likeness (QED) is 0.663. The summed E-state index contributed by atoms with van der Waals surface area (Å²) in [5.41, 5.74) is 0. The van der Waals surface area contributed by atoms with Crippen LogP contribution in [0, 0.1) is 17.2 Å². The van der Waals surface area contributed by atoms with Crippen LogP contribution >= 0.6 is 0 Å². The Balaban J connectivity index is 3.55. The molecular weight excluding hydrogens is 166 g/mol. The summed E-state index contributed by atoms with van der Waals surface area (Å²) in [5, 5.41) is 11.4. The summed E-state index contributed by atoms with van der Waals surface area (Å²) in [4.78, 5) is 12.9. The second kappa shape index (κ2) is 6.44. The topological polar surface area (TPSA) is 56.1 Å². The molecule has 0 saturated carbocycles. The molecule has 74 valence electrons. The molecule has 0 radical (unpaired) electrons. The van der Waals surface area contributed by atoms with E-state index in [1.165, 1.54) is 0 Å². The zero-order valence-electron chi connectivity index (χ0n) is 8.50. The Hall–Kier alpha value is -1.08. The third-order valence-corrected chi connectivity index (χ3v) is 1.85. The Labute approximate surface area is 79.5 Å². The highest BCUT2D eigenvalue weighted by Crippen LogP contribution is 1.88. The van der Waals surface area contributed by atoms with Crippen molar-refractivity contribution in [1.29, 1.82) is 5.26 Å². The standard InChI is InChI=1S/C9H17N3O/c1-4-12(3)9(13)7-11-6-8(2)5-10/h8,11H,4,6-7H2,1-3H3. The second-order valence-electron chi connectivity index (χ2n) is 3.07. The van der Waals surface area contributed by atoms with Crippen molar-refractivity contribution >= 4 is 5.91 Å². The predicted octanol–water partition coefficient (Wildman–Crippen LogP) is 0.214. The minimum Gasteiger partial charge on any atom is -0.345 e. The van der Waals surface area contributed by atoms with Gasteiger partial charge in [0.2, 0.25) is 5.91 Å². The summed E-state index contributed by atoms with van der Waals surface area (Å²) in [5.74, 6) is 0.0207. The molecule has 1 N–H and O–H groups in total. The molecule has 0 fully saturated rings. The predicted molar refractivity (Wildman–Crippen MR) is 51.0 cm³/mol. The number of likely N-dealkylation sites (N-methyl/N-ethyl adjacent to an activating group) is 1. The maximum absolute atomic E-state index is 11.2. The van der Waals surface area contributed by atoms with Gasteiger partial charge in [-0.1, -0.05) is 0 Å². The van der Waals surface area contributed by atoms with E-state index in [1.807, 2.05) is 13.8 Å². The van der Waals surface area contributed by atoms with Gasteiger partial charge < -0.3 is 10.2 Å². The summed E-state index contributed by atoms with van der Waals surface area (Å²) in [6.07, 6.45) is 0. The van der Waals surface area contributed by atoms with E-state index in [0.29, 0.717) is 19.6 Å². The SMILES string of the molecule is CCN(C)C(=O)CNCC(C)C#N. The van der Waals surface area contributed by atoms with E-state index >= 15 is 0 Å². The van der Waals surface area contributed by atoms with Crippen LogP contribution < -0.4 is 5.32 Å². The summed E-state index contributed by atoms with van der Waals surface area (Å²) < 4.78 is 0. The molecule has 0 aliphatic heterocycles. The van der Waals surface area contributed by atoms with Gasteiger partial charge in [-0.3, -0.25) is 4.79 Å². The van der Waals surface area contributed by atoms with E-state index in [4.69, 9.17) is 5.26 Å². The van der Waals surface area contributed by atoms with Crippen LogP contribution in [-0.2, 0) is 4.79 Å². The van der Waals surface area contributed by atoms with Crippen LogP contribution in [0.5, 0.6) is 0 Å². The monoisotopic (exact) mass is 183 g/mol. The molecule has 0 rings (SSSR count). The molecule has 4 heteroatoms. The van der Waals surface area contributed by atoms with E-state index < -0.39 is 0 Å². The molecule has 0 aromatic heterocycles. The molecule has 0 heterocycles. The van der Waals surface area contributed by atoms with E-state index in [0.717, 1.165) is 0 Å². The number of nitriles is 1. The molecule has 0 aliphatic rings. The summed E-state index contributed by atoms with van der Waals surface area (Å²) >= 11 is 0. The molecule has 0 spiro atoms. The smallest absolute Gasteiger partial charge is 0.236 e. The number of amides is 1. The third kappa shape index (κ3) is 5.21. The Morgan fingerprint density at radius 1 is 1.69 bits per heavy atom. The van der Waals surface area contributed by atoms with Gasteiger partial charge in [0.25, 0.3) is 0 Å². The van der Waals surface area contributed by atoms with Gasteiger partial charge in [0.05, 0.1) is 18.5 Å². The molecule has 0 aliphatic carbocycles. The Morgan fingerprint density at radius 3 is 2.77 bits per heavy atom. The van der Waals surface area contributed by atoms with Gasteiger partial charge in [-0.05, 0) is 13.8 Å². The first kappa shape index (κ1) is 11.9. The molecule has 0 aromatic carbocycles. The molecule has 1 atom stereocenters.